The quantitative estimate of drug-likeness (QED) is 0.729. The highest BCUT2D eigenvalue weighted by Crippen LogP contribution is 2.27. The Morgan fingerprint density at radius 2 is 2.21 bits per heavy atom. The fourth-order valence-electron chi connectivity index (χ4n) is 1.20. The number of benzene rings is 1. The third kappa shape index (κ3) is 1.83. The lowest BCUT2D eigenvalue weighted by Gasteiger charge is -2.03. The van der Waals surface area contributed by atoms with Gasteiger partial charge in [0.15, 0.2) is 5.82 Å². The van der Waals surface area contributed by atoms with Gasteiger partial charge in [0.2, 0.25) is 0 Å². The Morgan fingerprint density at radius 3 is 2.86 bits per heavy atom. The molecule has 0 unspecified atom stereocenters. The van der Waals surface area contributed by atoms with Crippen molar-refractivity contribution in [1.29, 1.82) is 0 Å². The fourth-order valence-corrected chi connectivity index (χ4v) is 2.11. The summed E-state index contributed by atoms with van der Waals surface area (Å²) in [5.74, 6) is 0.871. The first-order chi connectivity index (χ1) is 6.68. The minimum absolute atomic E-state index is 0.871. The zero-order valence-electron chi connectivity index (χ0n) is 7.41. The second kappa shape index (κ2) is 3.98. The number of hydrogen-bond donors (Lipinski definition) is 0. The highest BCUT2D eigenvalue weighted by Gasteiger charge is 2.08. The van der Waals surface area contributed by atoms with Crippen LogP contribution in [0.4, 0.5) is 0 Å². The van der Waals surface area contributed by atoms with E-state index in [9.17, 15) is 0 Å². The van der Waals surface area contributed by atoms with Crippen LogP contribution in [0, 0.1) is 3.57 Å². The summed E-state index contributed by atoms with van der Waals surface area (Å²) >= 11 is 5.78. The van der Waals surface area contributed by atoms with E-state index in [1.807, 2.05) is 23.7 Å². The van der Waals surface area contributed by atoms with Gasteiger partial charge in [-0.05, 0) is 40.8 Å². The first-order valence-corrected chi connectivity index (χ1v) is 5.85. The van der Waals surface area contributed by atoms with E-state index in [0.717, 1.165) is 15.9 Å². The minimum Gasteiger partial charge on any atom is -0.317 e. The third-order valence-electron chi connectivity index (χ3n) is 1.88. The second-order valence-electron chi connectivity index (χ2n) is 2.89. The van der Waals surface area contributed by atoms with Gasteiger partial charge in [0.1, 0.15) is 6.33 Å². The maximum Gasteiger partial charge on any atom is 0.164 e. The maximum atomic E-state index is 4.07. The maximum absolute atomic E-state index is 4.07. The van der Waals surface area contributed by atoms with Crippen molar-refractivity contribution < 1.29 is 0 Å². The molecule has 5 heteroatoms. The van der Waals surface area contributed by atoms with Crippen LogP contribution in [0.5, 0.6) is 0 Å². The molecule has 2 aromatic rings. The van der Waals surface area contributed by atoms with Crippen LogP contribution < -0.4 is 0 Å². The Morgan fingerprint density at radius 1 is 1.43 bits per heavy atom. The third-order valence-corrected chi connectivity index (χ3v) is 3.24. The molecule has 0 amide bonds. The zero-order valence-corrected chi connectivity index (χ0v) is 11.2. The Balaban J connectivity index is 2.62. The average Bonchev–Trinajstić information content (AvgIpc) is 2.56. The van der Waals surface area contributed by atoms with E-state index < -0.39 is 0 Å². The molecule has 0 aliphatic heterocycles. The standard InChI is InChI=1S/C9H7BrIN3/c1-14-5-12-13-9(14)7-4-6(11)2-3-8(7)10/h2-5H,1H3. The molecule has 3 nitrogen and oxygen atoms in total. The number of halogens is 2. The van der Waals surface area contributed by atoms with Gasteiger partial charge in [-0.1, -0.05) is 15.9 Å². The molecule has 0 aliphatic carbocycles. The molecule has 0 radical (unpaired) electrons. The van der Waals surface area contributed by atoms with Gasteiger partial charge in [-0.3, -0.25) is 0 Å². The van der Waals surface area contributed by atoms with E-state index in [4.69, 9.17) is 0 Å². The van der Waals surface area contributed by atoms with Crippen molar-refractivity contribution in [2.75, 3.05) is 0 Å². The van der Waals surface area contributed by atoms with Crippen molar-refractivity contribution in [2.45, 2.75) is 0 Å². The molecule has 72 valence electrons. The number of aromatic nitrogens is 3. The molecule has 0 fully saturated rings. The zero-order chi connectivity index (χ0) is 10.1. The van der Waals surface area contributed by atoms with Crippen molar-refractivity contribution in [2.24, 2.45) is 7.05 Å². The van der Waals surface area contributed by atoms with Crippen LogP contribution >= 0.6 is 38.5 Å². The lowest BCUT2D eigenvalue weighted by molar-refractivity contribution is 0.919. The predicted molar refractivity (Wildman–Crippen MR) is 66.9 cm³/mol. The molecular weight excluding hydrogens is 357 g/mol. The summed E-state index contributed by atoms with van der Waals surface area (Å²) in [6, 6.07) is 6.14. The number of nitrogens with zero attached hydrogens (tertiary/aromatic N) is 3. The molecule has 0 N–H and O–H groups in total. The monoisotopic (exact) mass is 363 g/mol. The van der Waals surface area contributed by atoms with Gasteiger partial charge in [-0.25, -0.2) is 0 Å². The van der Waals surface area contributed by atoms with Crippen LogP contribution in [-0.4, -0.2) is 14.8 Å². The molecule has 2 rings (SSSR count). The molecule has 1 aromatic heterocycles. The summed E-state index contributed by atoms with van der Waals surface area (Å²) < 4.78 is 4.12. The Bertz CT molecular complexity index is 467. The van der Waals surface area contributed by atoms with Crippen molar-refractivity contribution in [3.05, 3.63) is 32.6 Å². The van der Waals surface area contributed by atoms with Crippen molar-refractivity contribution >= 4 is 38.5 Å². The number of aryl methyl sites for hydroxylation is 1. The number of hydrogen-bond acceptors (Lipinski definition) is 2. The summed E-state index contributed by atoms with van der Waals surface area (Å²) in [7, 11) is 1.93. The molecule has 1 heterocycles. The van der Waals surface area contributed by atoms with Crippen molar-refractivity contribution in [1.82, 2.24) is 14.8 Å². The van der Waals surface area contributed by atoms with E-state index in [-0.39, 0.29) is 0 Å². The van der Waals surface area contributed by atoms with Gasteiger partial charge < -0.3 is 4.57 Å². The smallest absolute Gasteiger partial charge is 0.164 e. The Kier molecular flexibility index (Phi) is 2.87. The molecular formula is C9H7BrIN3. The second-order valence-corrected chi connectivity index (χ2v) is 4.99. The van der Waals surface area contributed by atoms with Crippen LogP contribution in [0.25, 0.3) is 11.4 Å². The molecule has 0 bridgehead atoms. The van der Waals surface area contributed by atoms with Crippen LogP contribution in [0.1, 0.15) is 0 Å². The highest BCUT2D eigenvalue weighted by molar-refractivity contribution is 14.1. The summed E-state index contributed by atoms with van der Waals surface area (Å²) in [6.45, 7) is 0. The van der Waals surface area contributed by atoms with E-state index >= 15 is 0 Å². The van der Waals surface area contributed by atoms with Crippen LogP contribution in [0.15, 0.2) is 29.0 Å². The molecule has 14 heavy (non-hydrogen) atoms. The van der Waals surface area contributed by atoms with Gasteiger partial charge in [-0.15, -0.1) is 10.2 Å². The van der Waals surface area contributed by atoms with E-state index in [1.54, 1.807) is 6.33 Å². The lowest BCUT2D eigenvalue weighted by atomic mass is 10.2. The Hall–Kier alpha value is -0.430. The van der Waals surface area contributed by atoms with E-state index in [0.29, 0.717) is 0 Å². The van der Waals surface area contributed by atoms with E-state index in [2.05, 4.69) is 54.8 Å². The average molecular weight is 364 g/mol. The SMILES string of the molecule is Cn1cnnc1-c1cc(I)ccc1Br. The summed E-state index contributed by atoms with van der Waals surface area (Å²) in [6.07, 6.45) is 1.70. The van der Waals surface area contributed by atoms with Crippen LogP contribution in [0.3, 0.4) is 0 Å². The van der Waals surface area contributed by atoms with Gasteiger partial charge in [-0.2, -0.15) is 0 Å². The van der Waals surface area contributed by atoms with E-state index in [1.165, 1.54) is 3.57 Å². The molecule has 0 saturated heterocycles. The van der Waals surface area contributed by atoms with Crippen molar-refractivity contribution in [3.63, 3.8) is 0 Å². The molecule has 0 spiro atoms. The molecule has 0 atom stereocenters. The summed E-state index contributed by atoms with van der Waals surface area (Å²) in [4.78, 5) is 0. The normalized spacial score (nSPS) is 10.5. The minimum atomic E-state index is 0.871. The highest BCUT2D eigenvalue weighted by atomic mass is 127. The van der Waals surface area contributed by atoms with Gasteiger partial charge in [0.25, 0.3) is 0 Å². The fraction of sp³-hybridized carbons (Fsp3) is 0.111. The van der Waals surface area contributed by atoms with Gasteiger partial charge >= 0.3 is 0 Å². The predicted octanol–water partition coefficient (Wildman–Crippen LogP) is 2.85. The first kappa shape index (κ1) is 10.1. The number of rotatable bonds is 1. The summed E-state index contributed by atoms with van der Waals surface area (Å²) in [5.41, 5.74) is 1.07. The van der Waals surface area contributed by atoms with Crippen LogP contribution in [-0.2, 0) is 7.05 Å². The summed E-state index contributed by atoms with van der Waals surface area (Å²) in [5, 5.41) is 7.93. The largest absolute Gasteiger partial charge is 0.317 e. The molecule has 0 aliphatic rings. The van der Waals surface area contributed by atoms with Crippen LogP contribution in [0.2, 0.25) is 0 Å². The topological polar surface area (TPSA) is 30.7 Å². The lowest BCUT2D eigenvalue weighted by Crippen LogP contribution is -1.92. The van der Waals surface area contributed by atoms with Crippen molar-refractivity contribution in [3.8, 4) is 11.4 Å². The molecule has 0 saturated carbocycles. The van der Waals surface area contributed by atoms with Gasteiger partial charge in [0.05, 0.1) is 0 Å². The van der Waals surface area contributed by atoms with Gasteiger partial charge in [0, 0.05) is 20.7 Å². The Labute approximate surface area is 104 Å². The first-order valence-electron chi connectivity index (χ1n) is 3.98. The molecule has 1 aromatic carbocycles.